The maximum atomic E-state index is 5.25. The standard InChI is InChI=1S/C54H35N3.B9/c1-3-14-36(15-4-1)37-16-13-19-41(32-37)56-50-24-11-7-20-43(50)46-33-38(26-29-52(46)56)39-27-30-53-47(34-39)44-21-8-12-25-51(44)57(53)42-28-31-54-48(35-42)45-22-9-10-23-49(45)55(54)40-17-5-2-6-18-40;1-6-9(7(2)3)8(4)5/h1-35H;. The van der Waals surface area contributed by atoms with Crippen molar-refractivity contribution in [1.82, 2.24) is 13.7 Å². The number of nitrogens with zero attached hydrogens (tertiary/aromatic N) is 3. The summed E-state index contributed by atoms with van der Waals surface area (Å²) in [6, 6.07) is 77.4. The molecular formula is C54H35B9N3. The first-order valence-corrected chi connectivity index (χ1v) is 22.3. The maximum absolute atomic E-state index is 5.25. The van der Waals surface area contributed by atoms with Gasteiger partial charge in [0.15, 0.2) is 0 Å². The Hall–Kier alpha value is -7.04. The first-order chi connectivity index (χ1) is 32.4. The van der Waals surface area contributed by atoms with E-state index in [2.05, 4.69) is 226 Å². The molecule has 0 N–H and O–H groups in total. The van der Waals surface area contributed by atoms with Crippen molar-refractivity contribution in [1.29, 1.82) is 0 Å². The maximum Gasteiger partial charge on any atom is 0.0542 e. The highest BCUT2D eigenvalue weighted by atomic mass is 15.0. The van der Waals surface area contributed by atoms with E-state index < -0.39 is 12.8 Å². The second-order valence-corrected chi connectivity index (χ2v) is 16.9. The van der Waals surface area contributed by atoms with E-state index in [1.807, 2.05) is 0 Å². The van der Waals surface area contributed by atoms with Crippen LogP contribution in [0.25, 0.3) is 105 Å². The van der Waals surface area contributed by atoms with Crippen molar-refractivity contribution in [2.45, 2.75) is 0 Å². The van der Waals surface area contributed by atoms with Gasteiger partial charge in [-0.3, -0.25) is 0 Å². The molecule has 12 rings (SSSR count). The van der Waals surface area contributed by atoms with E-state index in [0.29, 0.717) is 0 Å². The van der Waals surface area contributed by atoms with E-state index in [4.69, 9.17) is 38.7 Å². The number of aromatic nitrogens is 3. The molecule has 0 bridgehead atoms. The number of benzene rings is 9. The summed E-state index contributed by atoms with van der Waals surface area (Å²) in [5.74, 6) is 0. The summed E-state index contributed by atoms with van der Waals surface area (Å²) in [5, 5.41) is 7.49. The second kappa shape index (κ2) is 17.4. The highest BCUT2D eigenvalue weighted by molar-refractivity contribution is 7.93. The number of hydrogen-bond acceptors (Lipinski definition) is 0. The Labute approximate surface area is 393 Å². The highest BCUT2D eigenvalue weighted by Gasteiger charge is 2.20. The normalized spacial score (nSPS) is 11.3. The van der Waals surface area contributed by atoms with Crippen LogP contribution in [0.3, 0.4) is 0 Å². The summed E-state index contributed by atoms with van der Waals surface area (Å²) in [7, 11) is 27.5. The van der Waals surface area contributed by atoms with Crippen LogP contribution in [0, 0.1) is 0 Å². The molecule has 293 valence electrons. The van der Waals surface area contributed by atoms with Gasteiger partial charge in [-0.1, -0.05) is 127 Å². The van der Waals surface area contributed by atoms with Gasteiger partial charge in [-0.25, -0.2) is 0 Å². The van der Waals surface area contributed by atoms with Crippen LogP contribution in [0.2, 0.25) is 0 Å². The van der Waals surface area contributed by atoms with Crippen molar-refractivity contribution in [3.8, 4) is 39.3 Å². The van der Waals surface area contributed by atoms with Gasteiger partial charge in [0.2, 0.25) is 0 Å². The van der Waals surface area contributed by atoms with Crippen molar-refractivity contribution < 1.29 is 0 Å². The third kappa shape index (κ3) is 7.24. The molecule has 0 atom stereocenters. The molecule has 11 radical (unpaired) electrons. The van der Waals surface area contributed by atoms with Gasteiger partial charge in [0, 0.05) is 114 Å². The van der Waals surface area contributed by atoms with Crippen LogP contribution in [0.5, 0.6) is 0 Å². The van der Waals surface area contributed by atoms with Crippen LogP contribution in [-0.2, 0) is 0 Å². The lowest BCUT2D eigenvalue weighted by Crippen LogP contribution is -2.55. The third-order valence-electron chi connectivity index (χ3n) is 12.9. The molecule has 0 saturated carbocycles. The van der Waals surface area contributed by atoms with E-state index in [1.165, 1.54) is 100 Å². The zero-order valence-electron chi connectivity index (χ0n) is 36.2. The Morgan fingerprint density at radius 3 is 1.14 bits per heavy atom. The third-order valence-corrected chi connectivity index (χ3v) is 12.9. The fourth-order valence-electron chi connectivity index (χ4n) is 9.78. The average Bonchev–Trinajstić information content (AvgIpc) is 4.00. The average molecular weight is 823 g/mol. The van der Waals surface area contributed by atoms with Gasteiger partial charge in [-0.2, -0.15) is 0 Å². The predicted molar refractivity (Wildman–Crippen MR) is 292 cm³/mol. The molecule has 0 saturated heterocycles. The summed E-state index contributed by atoms with van der Waals surface area (Å²) < 4.78 is 7.22. The smallest absolute Gasteiger partial charge is 0.0542 e. The molecule has 0 amide bonds. The lowest BCUT2D eigenvalue weighted by atomic mass is 8.64. The lowest BCUT2D eigenvalue weighted by Gasteiger charge is -2.17. The van der Waals surface area contributed by atoms with Crippen molar-refractivity contribution in [3.05, 3.63) is 212 Å². The zero-order chi connectivity index (χ0) is 44.9. The molecular weight excluding hydrogens is 788 g/mol. The molecule has 0 unspecified atom stereocenters. The SMILES string of the molecule is [B][B]B(B([B])[B])B([B])[B].c1ccc(-c2cccc(-n3c4ccccc4c4cc(-c5ccc6c(c5)c5ccccc5n6-c5ccc6c(c5)c5ccccc5n6-c5ccccc5)ccc43)c2)cc1. The topological polar surface area (TPSA) is 14.8 Å². The second-order valence-electron chi connectivity index (χ2n) is 16.9. The molecule has 3 nitrogen and oxygen atoms in total. The van der Waals surface area contributed by atoms with Crippen molar-refractivity contribution in [2.24, 2.45) is 0 Å². The van der Waals surface area contributed by atoms with Crippen LogP contribution in [0.1, 0.15) is 0 Å². The largest absolute Gasteiger partial charge is 0.309 e. The molecule has 3 aromatic heterocycles. The molecule has 12 aromatic rings. The Morgan fingerprint density at radius 1 is 0.288 bits per heavy atom. The van der Waals surface area contributed by atoms with E-state index >= 15 is 0 Å². The van der Waals surface area contributed by atoms with Gasteiger partial charge in [-0.05, 0) is 107 Å². The number of fused-ring (bicyclic) bond motifs is 9. The molecule has 0 fully saturated rings. The molecule has 0 spiro atoms. The molecule has 3 heterocycles. The van der Waals surface area contributed by atoms with Gasteiger partial charge in [0.1, 0.15) is 0 Å². The predicted octanol–water partition coefficient (Wildman–Crippen LogP) is 10.9. The van der Waals surface area contributed by atoms with E-state index in [1.54, 1.807) is 0 Å². The summed E-state index contributed by atoms with van der Waals surface area (Å²) in [6.07, 6.45) is -1.46. The minimum Gasteiger partial charge on any atom is -0.309 e. The van der Waals surface area contributed by atoms with E-state index in [0.717, 1.165) is 11.4 Å². The fourth-order valence-corrected chi connectivity index (χ4v) is 9.78. The van der Waals surface area contributed by atoms with Gasteiger partial charge in [0.25, 0.3) is 0 Å². The minimum absolute atomic E-state index is 0.315. The van der Waals surface area contributed by atoms with Gasteiger partial charge >= 0.3 is 0 Å². The monoisotopic (exact) mass is 824 g/mol. The molecule has 66 heavy (non-hydrogen) atoms. The van der Waals surface area contributed by atoms with Crippen LogP contribution in [-0.4, -0.2) is 78.6 Å². The first kappa shape index (κ1) is 41.7. The van der Waals surface area contributed by atoms with Crippen LogP contribution < -0.4 is 0 Å². The molecule has 0 aliphatic rings. The molecule has 0 aliphatic heterocycles. The summed E-state index contributed by atoms with van der Waals surface area (Å²) >= 11 is 0. The van der Waals surface area contributed by atoms with Crippen LogP contribution in [0.4, 0.5) is 0 Å². The van der Waals surface area contributed by atoms with Crippen molar-refractivity contribution >= 4 is 130 Å². The Kier molecular flexibility index (Phi) is 11.0. The van der Waals surface area contributed by atoms with E-state index in [-0.39, 0.29) is 6.39 Å². The number of para-hydroxylation sites is 4. The lowest BCUT2D eigenvalue weighted by molar-refractivity contribution is 1.17. The molecule has 0 aliphatic carbocycles. The van der Waals surface area contributed by atoms with Crippen LogP contribution >= 0.6 is 0 Å². The van der Waals surface area contributed by atoms with Gasteiger partial charge in [-0.15, -0.1) is 0 Å². The highest BCUT2D eigenvalue weighted by Crippen LogP contribution is 2.40. The summed E-state index contributed by atoms with van der Waals surface area (Å²) in [6.45, 7) is 0. The van der Waals surface area contributed by atoms with Crippen molar-refractivity contribution in [3.63, 3.8) is 0 Å². The molecule has 12 heteroatoms. The number of hydrogen-bond donors (Lipinski definition) is 0. The Balaban J connectivity index is 0.000000487. The fraction of sp³-hybridized carbons (Fsp3) is 0. The Morgan fingerprint density at radius 2 is 0.652 bits per heavy atom. The van der Waals surface area contributed by atoms with Gasteiger partial charge < -0.3 is 13.7 Å². The van der Waals surface area contributed by atoms with Gasteiger partial charge in [0.05, 0.1) is 33.1 Å². The van der Waals surface area contributed by atoms with E-state index in [9.17, 15) is 0 Å². The zero-order valence-corrected chi connectivity index (χ0v) is 36.2. The summed E-state index contributed by atoms with van der Waals surface area (Å²) in [5.41, 5.74) is 15.5. The first-order valence-electron chi connectivity index (χ1n) is 22.3. The number of rotatable bonds is 8. The minimum atomic E-state index is -0.574. The van der Waals surface area contributed by atoms with Crippen LogP contribution in [0.15, 0.2) is 212 Å². The Bertz CT molecular complexity index is 3720. The van der Waals surface area contributed by atoms with Crippen molar-refractivity contribution in [2.75, 3.05) is 0 Å². The summed E-state index contributed by atoms with van der Waals surface area (Å²) in [4.78, 5) is 0. The molecule has 9 aromatic carbocycles. The quantitative estimate of drug-likeness (QED) is 0.136.